The highest BCUT2D eigenvalue weighted by molar-refractivity contribution is 5.77. The van der Waals surface area contributed by atoms with Crippen LogP contribution >= 0.6 is 0 Å². The van der Waals surface area contributed by atoms with Crippen LogP contribution in [0.4, 0.5) is 0 Å². The topological polar surface area (TPSA) is 60.7 Å². The second-order valence-corrected chi connectivity index (χ2v) is 10.4. The van der Waals surface area contributed by atoms with Crippen molar-refractivity contribution in [2.45, 2.75) is 97.3 Å². The number of hydrogen-bond acceptors (Lipinski definition) is 3. The van der Waals surface area contributed by atoms with Crippen LogP contribution in [0.15, 0.2) is 54.6 Å². The third kappa shape index (κ3) is 7.53. The maximum atomic E-state index is 10.6. The maximum Gasteiger partial charge on any atom is 0.201 e. The molecule has 3 N–H and O–H groups in total. The van der Waals surface area contributed by atoms with E-state index in [0.717, 1.165) is 17.5 Å². The minimum atomic E-state index is -0.455. The van der Waals surface area contributed by atoms with Crippen molar-refractivity contribution in [3.05, 3.63) is 76.9 Å². The Morgan fingerprint density at radius 1 is 0.639 bits per heavy atom. The Morgan fingerprint density at radius 2 is 1.25 bits per heavy atom. The Kier molecular flexibility index (Phi) is 10.7. The highest BCUT2D eigenvalue weighted by Gasteiger charge is 2.19. The summed E-state index contributed by atoms with van der Waals surface area (Å²) in [4.78, 5) is 0. The van der Waals surface area contributed by atoms with E-state index in [0.29, 0.717) is 23.5 Å². The normalized spacial score (nSPS) is 11.3. The van der Waals surface area contributed by atoms with Crippen molar-refractivity contribution in [2.75, 3.05) is 0 Å². The number of phenolic OH excluding ortho intramolecular Hbond substituents is 3. The summed E-state index contributed by atoms with van der Waals surface area (Å²) in [6, 6.07) is 18.2. The standard InChI is InChI=1S/C33H44O3/c1-4-5-6-7-8-9-10-11-12-15-25-18-20-26(21-19-25)30-23-28(31(34)33(36)32(30)35)22-27-16-13-14-17-29(27)24(2)3/h13-14,16-21,23-24,34-36H,4-12,15,22H2,1-3H3. The van der Waals surface area contributed by atoms with Crippen LogP contribution in [-0.4, -0.2) is 15.3 Å². The molecule has 0 amide bonds. The van der Waals surface area contributed by atoms with Gasteiger partial charge in [0.15, 0.2) is 11.5 Å². The molecule has 0 saturated heterocycles. The number of aromatic hydroxyl groups is 3. The van der Waals surface area contributed by atoms with Gasteiger partial charge >= 0.3 is 0 Å². The van der Waals surface area contributed by atoms with Gasteiger partial charge in [-0.1, -0.05) is 121 Å². The number of rotatable bonds is 14. The minimum Gasteiger partial charge on any atom is -0.504 e. The molecule has 0 aliphatic rings. The quantitative estimate of drug-likeness (QED) is 0.156. The van der Waals surface area contributed by atoms with E-state index < -0.39 is 5.75 Å². The largest absolute Gasteiger partial charge is 0.504 e. The van der Waals surface area contributed by atoms with Crippen LogP contribution in [0.1, 0.15) is 107 Å². The molecule has 0 aromatic heterocycles. The molecule has 0 radical (unpaired) electrons. The second-order valence-electron chi connectivity index (χ2n) is 10.4. The molecule has 0 unspecified atom stereocenters. The predicted octanol–water partition coefficient (Wildman–Crippen LogP) is 9.26. The lowest BCUT2D eigenvalue weighted by Gasteiger charge is -2.16. The lowest BCUT2D eigenvalue weighted by atomic mass is 9.91. The van der Waals surface area contributed by atoms with Gasteiger partial charge in [-0.05, 0) is 47.1 Å². The fourth-order valence-corrected chi connectivity index (χ4v) is 5.01. The Labute approximate surface area is 217 Å². The number of phenols is 3. The van der Waals surface area contributed by atoms with Crippen LogP contribution in [0, 0.1) is 0 Å². The molecule has 0 heterocycles. The summed E-state index contributed by atoms with van der Waals surface area (Å²) < 4.78 is 0. The first-order valence-corrected chi connectivity index (χ1v) is 13.9. The summed E-state index contributed by atoms with van der Waals surface area (Å²) in [5.41, 5.74) is 5.58. The Balaban J connectivity index is 1.64. The predicted molar refractivity (Wildman–Crippen MR) is 151 cm³/mol. The molecule has 0 atom stereocenters. The van der Waals surface area contributed by atoms with Gasteiger partial charge in [-0.15, -0.1) is 0 Å². The van der Waals surface area contributed by atoms with Gasteiger partial charge < -0.3 is 15.3 Å². The van der Waals surface area contributed by atoms with Gasteiger partial charge in [0.05, 0.1) is 0 Å². The van der Waals surface area contributed by atoms with Crippen molar-refractivity contribution in [1.29, 1.82) is 0 Å². The molecule has 3 rings (SSSR count). The van der Waals surface area contributed by atoms with Gasteiger partial charge in [-0.3, -0.25) is 0 Å². The molecule has 0 bridgehead atoms. The summed E-state index contributed by atoms with van der Waals surface area (Å²) in [6.45, 7) is 6.55. The first-order chi connectivity index (χ1) is 17.4. The van der Waals surface area contributed by atoms with E-state index in [1.807, 2.05) is 24.3 Å². The second kappa shape index (κ2) is 14.0. The molecule has 194 valence electrons. The monoisotopic (exact) mass is 488 g/mol. The first kappa shape index (κ1) is 27.6. The molecule has 36 heavy (non-hydrogen) atoms. The van der Waals surface area contributed by atoms with Crippen molar-refractivity contribution < 1.29 is 15.3 Å². The van der Waals surface area contributed by atoms with Crippen molar-refractivity contribution in [3.63, 3.8) is 0 Å². The Hall–Kier alpha value is -2.94. The average Bonchev–Trinajstić information content (AvgIpc) is 2.88. The highest BCUT2D eigenvalue weighted by Crippen LogP contribution is 2.45. The number of hydrogen-bond donors (Lipinski definition) is 3. The molecular weight excluding hydrogens is 444 g/mol. The molecule has 0 spiro atoms. The van der Waals surface area contributed by atoms with Crippen LogP contribution < -0.4 is 0 Å². The van der Waals surface area contributed by atoms with E-state index in [1.54, 1.807) is 6.07 Å². The lowest BCUT2D eigenvalue weighted by Crippen LogP contribution is -1.98. The molecule has 3 aromatic rings. The number of unbranched alkanes of at least 4 members (excludes halogenated alkanes) is 8. The number of aryl methyl sites for hydroxylation is 1. The van der Waals surface area contributed by atoms with Gasteiger partial charge in [-0.2, -0.15) is 0 Å². The van der Waals surface area contributed by atoms with Gasteiger partial charge in [0.2, 0.25) is 5.75 Å². The minimum absolute atomic E-state index is 0.253. The smallest absolute Gasteiger partial charge is 0.201 e. The third-order valence-electron chi connectivity index (χ3n) is 7.22. The van der Waals surface area contributed by atoms with Crippen molar-refractivity contribution in [3.8, 4) is 28.4 Å². The third-order valence-corrected chi connectivity index (χ3v) is 7.22. The van der Waals surface area contributed by atoms with E-state index >= 15 is 0 Å². The maximum absolute atomic E-state index is 10.6. The number of benzene rings is 3. The van der Waals surface area contributed by atoms with Gasteiger partial charge in [0.1, 0.15) is 0 Å². The SMILES string of the molecule is CCCCCCCCCCCc1ccc(-c2cc(Cc3ccccc3C(C)C)c(O)c(O)c2O)cc1. The zero-order valence-electron chi connectivity index (χ0n) is 22.4. The molecular formula is C33H44O3. The molecule has 3 heteroatoms. The first-order valence-electron chi connectivity index (χ1n) is 13.9. The van der Waals surface area contributed by atoms with Crippen LogP contribution in [0.2, 0.25) is 0 Å². The van der Waals surface area contributed by atoms with Crippen LogP contribution in [0.5, 0.6) is 17.2 Å². The fourth-order valence-electron chi connectivity index (χ4n) is 5.01. The molecule has 3 nitrogen and oxygen atoms in total. The van der Waals surface area contributed by atoms with Gasteiger partial charge in [0, 0.05) is 17.5 Å². The van der Waals surface area contributed by atoms with Crippen molar-refractivity contribution in [1.82, 2.24) is 0 Å². The lowest BCUT2D eigenvalue weighted by molar-refractivity contribution is 0.366. The average molecular weight is 489 g/mol. The van der Waals surface area contributed by atoms with Gasteiger partial charge in [-0.25, -0.2) is 0 Å². The Morgan fingerprint density at radius 3 is 1.89 bits per heavy atom. The molecule has 3 aromatic carbocycles. The highest BCUT2D eigenvalue weighted by atomic mass is 16.3. The summed E-state index contributed by atoms with van der Waals surface area (Å²) in [7, 11) is 0. The molecule has 0 saturated carbocycles. The fraction of sp³-hybridized carbons (Fsp3) is 0.455. The van der Waals surface area contributed by atoms with E-state index in [2.05, 4.69) is 45.0 Å². The summed E-state index contributed by atoms with van der Waals surface area (Å²) >= 11 is 0. The summed E-state index contributed by atoms with van der Waals surface area (Å²) in [5, 5.41) is 31.7. The molecule has 0 aliphatic carbocycles. The van der Waals surface area contributed by atoms with E-state index in [9.17, 15) is 15.3 Å². The van der Waals surface area contributed by atoms with Crippen molar-refractivity contribution in [2.24, 2.45) is 0 Å². The summed E-state index contributed by atoms with van der Waals surface area (Å²) in [5.74, 6) is -0.632. The van der Waals surface area contributed by atoms with E-state index in [4.69, 9.17) is 0 Å². The summed E-state index contributed by atoms with van der Waals surface area (Å²) in [6.07, 6.45) is 13.4. The van der Waals surface area contributed by atoms with E-state index in [1.165, 1.54) is 68.9 Å². The Bertz CT molecular complexity index is 1080. The molecule has 0 aliphatic heterocycles. The van der Waals surface area contributed by atoms with Crippen LogP contribution in [0.3, 0.4) is 0 Å². The zero-order chi connectivity index (χ0) is 25.9. The molecule has 0 fully saturated rings. The van der Waals surface area contributed by atoms with Crippen molar-refractivity contribution >= 4 is 0 Å². The van der Waals surface area contributed by atoms with Crippen LogP contribution in [-0.2, 0) is 12.8 Å². The van der Waals surface area contributed by atoms with Crippen LogP contribution in [0.25, 0.3) is 11.1 Å². The van der Waals surface area contributed by atoms with Gasteiger partial charge in [0.25, 0.3) is 0 Å². The zero-order valence-corrected chi connectivity index (χ0v) is 22.4. The van der Waals surface area contributed by atoms with E-state index in [-0.39, 0.29) is 11.5 Å².